The second-order valence-electron chi connectivity index (χ2n) is 4.06. The van der Waals surface area contributed by atoms with Crippen molar-refractivity contribution in [1.82, 2.24) is 4.98 Å². The van der Waals surface area contributed by atoms with E-state index in [9.17, 15) is 4.39 Å². The maximum absolute atomic E-state index is 13.2. The van der Waals surface area contributed by atoms with Crippen LogP contribution < -0.4 is 5.32 Å². The first-order valence-corrected chi connectivity index (χ1v) is 5.13. The highest BCUT2D eigenvalue weighted by atomic mass is 19.1. The van der Waals surface area contributed by atoms with Crippen molar-refractivity contribution in [2.45, 2.75) is 32.2 Å². The zero-order chi connectivity index (χ0) is 9.97. The fourth-order valence-corrected chi connectivity index (χ4v) is 1.64. The first-order valence-electron chi connectivity index (χ1n) is 5.13. The van der Waals surface area contributed by atoms with Crippen LogP contribution in [0.25, 0.3) is 0 Å². The summed E-state index contributed by atoms with van der Waals surface area (Å²) < 4.78 is 13.2. The molecule has 1 aliphatic rings. The van der Waals surface area contributed by atoms with E-state index in [4.69, 9.17) is 0 Å². The van der Waals surface area contributed by atoms with E-state index in [1.54, 1.807) is 12.3 Å². The number of nitrogens with one attached hydrogen (secondary N) is 1. The van der Waals surface area contributed by atoms with Crippen LogP contribution >= 0.6 is 0 Å². The summed E-state index contributed by atoms with van der Waals surface area (Å²) in [6.45, 7) is 2.08. The molecule has 1 fully saturated rings. The van der Waals surface area contributed by atoms with E-state index >= 15 is 0 Å². The van der Waals surface area contributed by atoms with Gasteiger partial charge in [0.2, 0.25) is 0 Å². The summed E-state index contributed by atoms with van der Waals surface area (Å²) >= 11 is 0. The Labute approximate surface area is 83.6 Å². The normalized spacial score (nSPS) is 17.9. The minimum atomic E-state index is -0.268. The third-order valence-electron chi connectivity index (χ3n) is 2.53. The lowest BCUT2D eigenvalue weighted by molar-refractivity contribution is 0.603. The molecule has 1 atom stereocenters. The average molecular weight is 194 g/mol. The van der Waals surface area contributed by atoms with Crippen LogP contribution in [0.15, 0.2) is 18.3 Å². The lowest BCUT2D eigenvalue weighted by atomic mass is 10.1. The zero-order valence-corrected chi connectivity index (χ0v) is 8.33. The minimum absolute atomic E-state index is 0.268. The Bertz CT molecular complexity index is 310. The standard InChI is InChI=1S/C11H15FN2/c1-8(7-9-4-5-9)14-11-10(12)3-2-6-13-11/h2-3,6,8-9H,4-5,7H2,1H3,(H,13,14). The third-order valence-corrected chi connectivity index (χ3v) is 2.53. The fraction of sp³-hybridized carbons (Fsp3) is 0.545. The van der Waals surface area contributed by atoms with E-state index in [1.165, 1.54) is 18.9 Å². The van der Waals surface area contributed by atoms with Crippen molar-refractivity contribution in [2.24, 2.45) is 5.92 Å². The number of nitrogens with zero attached hydrogens (tertiary/aromatic N) is 1. The van der Waals surface area contributed by atoms with Gasteiger partial charge in [0.25, 0.3) is 0 Å². The maximum atomic E-state index is 13.2. The van der Waals surface area contributed by atoms with Crippen molar-refractivity contribution in [2.75, 3.05) is 5.32 Å². The van der Waals surface area contributed by atoms with Gasteiger partial charge >= 0.3 is 0 Å². The Morgan fingerprint density at radius 3 is 3.07 bits per heavy atom. The summed E-state index contributed by atoms with van der Waals surface area (Å²) in [6.07, 6.45) is 5.39. The quantitative estimate of drug-likeness (QED) is 0.797. The second-order valence-corrected chi connectivity index (χ2v) is 4.06. The molecule has 1 N–H and O–H groups in total. The third kappa shape index (κ3) is 2.44. The minimum Gasteiger partial charge on any atom is -0.365 e. The number of anilines is 1. The van der Waals surface area contributed by atoms with Gasteiger partial charge in [-0.3, -0.25) is 0 Å². The average Bonchev–Trinajstić information content (AvgIpc) is 2.93. The molecule has 0 saturated heterocycles. The van der Waals surface area contributed by atoms with Crippen LogP contribution in [0.5, 0.6) is 0 Å². The van der Waals surface area contributed by atoms with E-state index in [0.29, 0.717) is 11.9 Å². The molecule has 1 aromatic heterocycles. The van der Waals surface area contributed by atoms with Crippen LogP contribution in [0.3, 0.4) is 0 Å². The highest BCUT2D eigenvalue weighted by molar-refractivity contribution is 5.36. The first-order chi connectivity index (χ1) is 6.75. The van der Waals surface area contributed by atoms with Gasteiger partial charge in [0.15, 0.2) is 11.6 Å². The van der Waals surface area contributed by atoms with E-state index in [1.807, 2.05) is 0 Å². The van der Waals surface area contributed by atoms with Gasteiger partial charge in [-0.2, -0.15) is 0 Å². The Hall–Kier alpha value is -1.12. The molecule has 2 nitrogen and oxygen atoms in total. The smallest absolute Gasteiger partial charge is 0.165 e. The molecule has 3 heteroatoms. The van der Waals surface area contributed by atoms with E-state index in [0.717, 1.165) is 12.3 Å². The van der Waals surface area contributed by atoms with Gasteiger partial charge < -0.3 is 5.32 Å². The van der Waals surface area contributed by atoms with Gasteiger partial charge in [-0.15, -0.1) is 0 Å². The number of hydrogen-bond acceptors (Lipinski definition) is 2. The molecule has 0 spiro atoms. The fourth-order valence-electron chi connectivity index (χ4n) is 1.64. The SMILES string of the molecule is CC(CC1CC1)Nc1ncccc1F. The van der Waals surface area contributed by atoms with Crippen LogP contribution in [0, 0.1) is 11.7 Å². The van der Waals surface area contributed by atoms with Crippen LogP contribution in [0.1, 0.15) is 26.2 Å². The Balaban J connectivity index is 1.91. The first kappa shape index (κ1) is 9.44. The zero-order valence-electron chi connectivity index (χ0n) is 8.33. The van der Waals surface area contributed by atoms with Gasteiger partial charge in [-0.1, -0.05) is 12.8 Å². The number of halogens is 1. The molecular formula is C11H15FN2. The second kappa shape index (κ2) is 3.95. The van der Waals surface area contributed by atoms with Crippen LogP contribution in [0.2, 0.25) is 0 Å². The molecule has 0 amide bonds. The highest BCUT2D eigenvalue weighted by Gasteiger charge is 2.23. The van der Waals surface area contributed by atoms with Crippen molar-refractivity contribution in [1.29, 1.82) is 0 Å². The maximum Gasteiger partial charge on any atom is 0.165 e. The van der Waals surface area contributed by atoms with Crippen LogP contribution in [0.4, 0.5) is 10.2 Å². The number of rotatable bonds is 4. The lowest BCUT2D eigenvalue weighted by Crippen LogP contribution is -2.17. The molecule has 1 heterocycles. The molecule has 1 aliphatic carbocycles. The van der Waals surface area contributed by atoms with Gasteiger partial charge in [-0.05, 0) is 31.4 Å². The molecule has 76 valence electrons. The van der Waals surface area contributed by atoms with Crippen LogP contribution in [-0.2, 0) is 0 Å². The van der Waals surface area contributed by atoms with Crippen molar-refractivity contribution in [3.8, 4) is 0 Å². The summed E-state index contributed by atoms with van der Waals surface area (Å²) in [6, 6.07) is 3.34. The summed E-state index contributed by atoms with van der Waals surface area (Å²) in [5, 5.41) is 3.10. The van der Waals surface area contributed by atoms with Crippen molar-refractivity contribution >= 4 is 5.82 Å². The number of pyridine rings is 1. The van der Waals surface area contributed by atoms with Crippen molar-refractivity contribution in [3.63, 3.8) is 0 Å². The molecule has 1 saturated carbocycles. The highest BCUT2D eigenvalue weighted by Crippen LogP contribution is 2.34. The van der Waals surface area contributed by atoms with E-state index < -0.39 is 0 Å². The molecule has 1 unspecified atom stereocenters. The summed E-state index contributed by atoms with van der Waals surface area (Å²) in [4.78, 5) is 3.96. The van der Waals surface area contributed by atoms with Crippen molar-refractivity contribution < 1.29 is 4.39 Å². The largest absolute Gasteiger partial charge is 0.365 e. The molecule has 14 heavy (non-hydrogen) atoms. The summed E-state index contributed by atoms with van der Waals surface area (Å²) in [5.74, 6) is 0.958. The van der Waals surface area contributed by atoms with Crippen LogP contribution in [-0.4, -0.2) is 11.0 Å². The molecule has 0 radical (unpaired) electrons. The topological polar surface area (TPSA) is 24.9 Å². The Morgan fingerprint density at radius 2 is 2.43 bits per heavy atom. The lowest BCUT2D eigenvalue weighted by Gasteiger charge is -2.13. The predicted octanol–water partition coefficient (Wildman–Crippen LogP) is 2.82. The molecule has 0 aliphatic heterocycles. The molecule has 1 aromatic rings. The van der Waals surface area contributed by atoms with E-state index in [2.05, 4.69) is 17.2 Å². The Kier molecular flexibility index (Phi) is 2.66. The van der Waals surface area contributed by atoms with Gasteiger partial charge in [0.05, 0.1) is 0 Å². The predicted molar refractivity (Wildman–Crippen MR) is 54.6 cm³/mol. The van der Waals surface area contributed by atoms with Crippen molar-refractivity contribution in [3.05, 3.63) is 24.1 Å². The Morgan fingerprint density at radius 1 is 1.64 bits per heavy atom. The van der Waals surface area contributed by atoms with Gasteiger partial charge in [0.1, 0.15) is 0 Å². The van der Waals surface area contributed by atoms with E-state index in [-0.39, 0.29) is 5.82 Å². The molecular weight excluding hydrogens is 179 g/mol. The monoisotopic (exact) mass is 194 g/mol. The molecule has 0 bridgehead atoms. The van der Waals surface area contributed by atoms with Gasteiger partial charge in [-0.25, -0.2) is 9.37 Å². The number of hydrogen-bond donors (Lipinski definition) is 1. The summed E-state index contributed by atoms with van der Waals surface area (Å²) in [5.41, 5.74) is 0. The molecule has 0 aromatic carbocycles. The summed E-state index contributed by atoms with van der Waals surface area (Å²) in [7, 11) is 0. The number of aromatic nitrogens is 1. The van der Waals surface area contributed by atoms with Gasteiger partial charge in [0, 0.05) is 12.2 Å². The molecule has 2 rings (SSSR count).